The van der Waals surface area contributed by atoms with Gasteiger partial charge < -0.3 is 33.8 Å². The molecule has 104 heavy (non-hydrogen) atoms. The molecule has 0 rings (SSSR count). The highest BCUT2D eigenvalue weighted by atomic mass is 31.2. The summed E-state index contributed by atoms with van der Waals surface area (Å²) in [5.41, 5.74) is 0. The molecule has 0 amide bonds. The fourth-order valence-corrected chi connectivity index (χ4v) is 13.3. The number of hydrogen-bond acceptors (Lipinski definition) is 15. The Balaban J connectivity index is 5.38. The van der Waals surface area contributed by atoms with E-state index in [1.165, 1.54) is 193 Å². The molecule has 0 saturated carbocycles. The lowest BCUT2D eigenvalue weighted by Gasteiger charge is -2.21. The van der Waals surface area contributed by atoms with E-state index >= 15 is 0 Å². The van der Waals surface area contributed by atoms with E-state index < -0.39 is 97.5 Å². The lowest BCUT2D eigenvalue weighted by molar-refractivity contribution is -0.161. The highest BCUT2D eigenvalue weighted by molar-refractivity contribution is 7.47. The summed E-state index contributed by atoms with van der Waals surface area (Å²) in [6.07, 6.45) is 80.2. The first-order valence-corrected chi connectivity index (χ1v) is 45.2. The second kappa shape index (κ2) is 77.7. The van der Waals surface area contributed by atoms with Crippen molar-refractivity contribution < 1.29 is 80.2 Å². The number of phosphoric ester groups is 2. The Morgan fingerprint density at radius 1 is 0.269 bits per heavy atom. The summed E-state index contributed by atoms with van der Waals surface area (Å²) < 4.78 is 68.7. The van der Waals surface area contributed by atoms with E-state index in [0.29, 0.717) is 32.1 Å². The van der Waals surface area contributed by atoms with Crippen molar-refractivity contribution in [3.05, 3.63) is 72.9 Å². The minimum Gasteiger partial charge on any atom is -0.462 e. The van der Waals surface area contributed by atoms with E-state index in [2.05, 4.69) is 88.5 Å². The summed E-state index contributed by atoms with van der Waals surface area (Å²) >= 11 is 0. The van der Waals surface area contributed by atoms with Crippen LogP contribution >= 0.6 is 15.6 Å². The van der Waals surface area contributed by atoms with Gasteiger partial charge in [0.25, 0.3) is 0 Å². The fraction of sp³-hybridized carbons (Fsp3) is 0.812. The standard InChI is InChI=1S/C85H154O17P2/c1-5-9-13-17-21-25-29-33-37-39-43-46-50-54-58-62-66-70-83(88)96-76-81(102-85(90)72-68-64-60-56-52-48-44-40-38-34-30-26-22-18-14-10-6-2)78-100-104(93,94)98-74-79(86)73-97-103(91,92)99-77-80(101-84(89)71-67-63-59-55-51-47-42-36-32-28-24-20-16-12-8-4)75-95-82(87)69-65-61-57-53-49-45-41-35-31-27-23-19-15-11-7-3/h22,24,26,28,34,36,38,42,44,48,56,60,79-81,86H,5-21,23,25,27,29-33,35,37,39-41,43,45-47,49-55,57-59,61-78H2,1-4H3,(H,91,92)(H,93,94)/b26-22-,28-24-,38-34-,42-36-,48-44-,60-56-/t79-,80+,81+/m0/s1. The van der Waals surface area contributed by atoms with E-state index in [1.807, 2.05) is 12.2 Å². The number of allylic oxidation sites excluding steroid dienone is 12. The number of carbonyl (C=O) groups is 4. The van der Waals surface area contributed by atoms with Crippen LogP contribution in [0.3, 0.4) is 0 Å². The van der Waals surface area contributed by atoms with Crippen LogP contribution in [0.2, 0.25) is 0 Å². The molecule has 0 spiro atoms. The van der Waals surface area contributed by atoms with Gasteiger partial charge in [0.05, 0.1) is 26.4 Å². The first kappa shape index (κ1) is 100. The number of hydrogen-bond donors (Lipinski definition) is 3. The average Bonchev–Trinajstić information content (AvgIpc) is 1.04. The molecule has 0 fully saturated rings. The van der Waals surface area contributed by atoms with E-state index in [0.717, 1.165) is 109 Å². The van der Waals surface area contributed by atoms with Gasteiger partial charge in [0.15, 0.2) is 12.2 Å². The first-order chi connectivity index (χ1) is 50.7. The van der Waals surface area contributed by atoms with Gasteiger partial charge in [0.1, 0.15) is 19.3 Å². The Kier molecular flexibility index (Phi) is 75.0. The number of esters is 4. The molecule has 0 aliphatic rings. The smallest absolute Gasteiger partial charge is 0.462 e. The van der Waals surface area contributed by atoms with Crippen LogP contribution in [0.25, 0.3) is 0 Å². The van der Waals surface area contributed by atoms with Gasteiger partial charge in [-0.2, -0.15) is 0 Å². The predicted octanol–water partition coefficient (Wildman–Crippen LogP) is 24.8. The minimum atomic E-state index is -4.99. The highest BCUT2D eigenvalue weighted by Crippen LogP contribution is 2.45. The third-order valence-electron chi connectivity index (χ3n) is 18.2. The van der Waals surface area contributed by atoms with Crippen LogP contribution in [-0.2, 0) is 65.4 Å². The molecule has 0 bridgehead atoms. The maximum atomic E-state index is 13.1. The van der Waals surface area contributed by atoms with E-state index in [1.54, 1.807) is 0 Å². The molecule has 0 aliphatic carbocycles. The molecule has 2 unspecified atom stereocenters. The van der Waals surface area contributed by atoms with Gasteiger partial charge in [-0.1, -0.05) is 338 Å². The quantitative estimate of drug-likeness (QED) is 0.0169. The number of carbonyl (C=O) groups excluding carboxylic acids is 4. The van der Waals surface area contributed by atoms with E-state index in [4.69, 9.17) is 37.0 Å². The maximum Gasteiger partial charge on any atom is 0.472 e. The molecule has 0 radical (unpaired) electrons. The normalized spacial score (nSPS) is 14.2. The average molecular weight is 1510 g/mol. The SMILES string of the molecule is CCCCC/C=C\C/C=C\C/C=C\C/C=C\CCCC(=O)O[C@H](COC(=O)CCCCCCCCCCCCCCCCCCC)COP(=O)(O)OC[C@@H](O)COP(=O)(O)OC[C@@H](COC(=O)CCCCCCCCCCCCCCCCC)OC(=O)CCCCCCC/C=C\C/C=C\CCCCC. The Hall–Kier alpha value is -3.50. The lowest BCUT2D eigenvalue weighted by atomic mass is 10.0. The van der Waals surface area contributed by atoms with Gasteiger partial charge in [0, 0.05) is 25.7 Å². The molecule has 0 saturated heterocycles. The largest absolute Gasteiger partial charge is 0.472 e. The molecule has 5 atom stereocenters. The molecular weight excluding hydrogens is 1350 g/mol. The summed E-state index contributed by atoms with van der Waals surface area (Å²) in [7, 11) is -9.97. The van der Waals surface area contributed by atoms with Gasteiger partial charge in [0.2, 0.25) is 0 Å². The highest BCUT2D eigenvalue weighted by Gasteiger charge is 2.30. The summed E-state index contributed by atoms with van der Waals surface area (Å²) in [6.45, 7) is 4.84. The summed E-state index contributed by atoms with van der Waals surface area (Å²) in [5, 5.41) is 10.7. The van der Waals surface area contributed by atoms with Gasteiger partial charge in [-0.25, -0.2) is 9.13 Å². The molecule has 0 aliphatic heterocycles. The molecule has 3 N–H and O–H groups in total. The van der Waals surface area contributed by atoms with Crippen molar-refractivity contribution in [2.24, 2.45) is 0 Å². The Bertz CT molecular complexity index is 2250. The van der Waals surface area contributed by atoms with Gasteiger partial charge in [-0.05, 0) is 96.3 Å². The van der Waals surface area contributed by atoms with Crippen LogP contribution in [0.1, 0.15) is 387 Å². The number of ether oxygens (including phenoxy) is 4. The molecule has 0 aromatic rings. The number of phosphoric acid groups is 2. The van der Waals surface area contributed by atoms with Gasteiger partial charge >= 0.3 is 39.5 Å². The molecule has 0 heterocycles. The Labute approximate surface area is 634 Å². The minimum absolute atomic E-state index is 0.0233. The van der Waals surface area contributed by atoms with Crippen molar-refractivity contribution in [1.82, 2.24) is 0 Å². The number of rotatable bonds is 80. The summed E-state index contributed by atoms with van der Waals surface area (Å²) in [4.78, 5) is 73.1. The predicted molar refractivity (Wildman–Crippen MR) is 427 cm³/mol. The first-order valence-electron chi connectivity index (χ1n) is 42.2. The van der Waals surface area contributed by atoms with Crippen molar-refractivity contribution in [3.63, 3.8) is 0 Å². The van der Waals surface area contributed by atoms with Crippen molar-refractivity contribution >= 4 is 39.5 Å². The molecule has 0 aromatic carbocycles. The van der Waals surface area contributed by atoms with Gasteiger partial charge in [-0.15, -0.1) is 0 Å². The third-order valence-corrected chi connectivity index (χ3v) is 20.1. The molecule has 17 nitrogen and oxygen atoms in total. The van der Waals surface area contributed by atoms with Crippen LogP contribution in [0.15, 0.2) is 72.9 Å². The van der Waals surface area contributed by atoms with Crippen LogP contribution in [0.5, 0.6) is 0 Å². The zero-order valence-corrected chi connectivity index (χ0v) is 68.2. The second-order valence-electron chi connectivity index (χ2n) is 28.4. The zero-order chi connectivity index (χ0) is 76.0. The number of aliphatic hydroxyl groups excluding tert-OH is 1. The molecular formula is C85H154O17P2. The van der Waals surface area contributed by atoms with Crippen LogP contribution in [0, 0.1) is 0 Å². The molecule has 0 aromatic heterocycles. The Morgan fingerprint density at radius 2 is 0.481 bits per heavy atom. The third kappa shape index (κ3) is 76.7. The zero-order valence-electron chi connectivity index (χ0n) is 66.5. The van der Waals surface area contributed by atoms with Crippen LogP contribution in [0.4, 0.5) is 0 Å². The monoisotopic (exact) mass is 1510 g/mol. The lowest BCUT2D eigenvalue weighted by Crippen LogP contribution is -2.30. The Morgan fingerprint density at radius 3 is 0.779 bits per heavy atom. The van der Waals surface area contributed by atoms with E-state index in [9.17, 15) is 43.2 Å². The van der Waals surface area contributed by atoms with E-state index in [-0.39, 0.29) is 25.7 Å². The fourth-order valence-electron chi connectivity index (χ4n) is 11.7. The summed E-state index contributed by atoms with van der Waals surface area (Å²) in [6, 6.07) is 0. The topological polar surface area (TPSA) is 237 Å². The number of unbranched alkanes of at least 4 members (excludes halogenated alkanes) is 42. The van der Waals surface area contributed by atoms with Crippen molar-refractivity contribution in [1.29, 1.82) is 0 Å². The van der Waals surface area contributed by atoms with Crippen LogP contribution < -0.4 is 0 Å². The number of aliphatic hydroxyl groups is 1. The molecule has 19 heteroatoms. The molecule has 606 valence electrons. The summed E-state index contributed by atoms with van der Waals surface area (Å²) in [5.74, 6) is -2.22. The van der Waals surface area contributed by atoms with Crippen LogP contribution in [-0.4, -0.2) is 96.7 Å². The van der Waals surface area contributed by atoms with Gasteiger partial charge in [-0.3, -0.25) is 37.3 Å². The maximum absolute atomic E-state index is 13.1. The van der Waals surface area contributed by atoms with Crippen molar-refractivity contribution in [3.8, 4) is 0 Å². The second-order valence-corrected chi connectivity index (χ2v) is 31.3. The van der Waals surface area contributed by atoms with Crippen molar-refractivity contribution in [2.45, 2.75) is 406 Å². The van der Waals surface area contributed by atoms with Crippen molar-refractivity contribution in [2.75, 3.05) is 39.6 Å².